The average molecular weight is 175 g/mol. The molecule has 0 nitrogen and oxygen atoms in total. The zero-order chi connectivity index (χ0) is 9.52. The van der Waals surface area contributed by atoms with Crippen LogP contribution >= 0.6 is 0 Å². The van der Waals surface area contributed by atoms with Crippen LogP contribution in [0.5, 0.6) is 0 Å². The Hall–Kier alpha value is -0.780. The molecule has 13 heavy (non-hydrogen) atoms. The summed E-state index contributed by atoms with van der Waals surface area (Å²) in [4.78, 5) is 0. The van der Waals surface area contributed by atoms with Crippen LogP contribution in [0.2, 0.25) is 0 Å². The van der Waals surface area contributed by atoms with Gasteiger partial charge in [-0.3, -0.25) is 0 Å². The molecule has 0 aliphatic heterocycles. The molecule has 0 spiro atoms. The fourth-order valence-corrected chi connectivity index (χ4v) is 1.66. The molecular weight excluding hydrogens is 156 g/mol. The lowest BCUT2D eigenvalue weighted by molar-refractivity contribution is 0.456. The first-order valence-electron chi connectivity index (χ1n) is 5.31. The van der Waals surface area contributed by atoms with Crippen LogP contribution in [-0.2, 0) is 6.42 Å². The van der Waals surface area contributed by atoms with Gasteiger partial charge in [0.15, 0.2) is 0 Å². The minimum Gasteiger partial charge on any atom is -0.0651 e. The highest BCUT2D eigenvalue weighted by Gasteiger charge is 2.02. The second kappa shape index (κ2) is 5.80. The minimum absolute atomic E-state index is 0.907. The van der Waals surface area contributed by atoms with Gasteiger partial charge in [0.2, 0.25) is 0 Å². The molecule has 0 aliphatic rings. The smallest absolute Gasteiger partial charge is 0.0184 e. The molecule has 0 saturated carbocycles. The van der Waals surface area contributed by atoms with Crippen LogP contribution in [0, 0.1) is 12.0 Å². The second-order valence-corrected chi connectivity index (χ2v) is 3.63. The molecule has 0 amide bonds. The Morgan fingerprint density at radius 2 is 1.77 bits per heavy atom. The minimum atomic E-state index is 0.907. The van der Waals surface area contributed by atoms with Crippen molar-refractivity contribution in [2.75, 3.05) is 0 Å². The molecule has 0 heterocycles. The van der Waals surface area contributed by atoms with E-state index >= 15 is 0 Å². The lowest BCUT2D eigenvalue weighted by Gasteiger charge is -2.11. The molecule has 1 aromatic rings. The highest BCUT2D eigenvalue weighted by atomic mass is 14.1. The van der Waals surface area contributed by atoms with E-state index in [1.807, 2.05) is 12.1 Å². The van der Waals surface area contributed by atoms with Crippen molar-refractivity contribution < 1.29 is 0 Å². The Balaban J connectivity index is 2.34. The molecule has 0 aliphatic carbocycles. The van der Waals surface area contributed by atoms with Gasteiger partial charge in [-0.15, -0.1) is 0 Å². The summed E-state index contributed by atoms with van der Waals surface area (Å²) in [7, 11) is 0. The van der Waals surface area contributed by atoms with E-state index in [0.717, 1.165) is 5.92 Å². The lowest BCUT2D eigenvalue weighted by Crippen LogP contribution is -1.98. The first-order valence-corrected chi connectivity index (χ1v) is 5.31. The number of hydrogen-bond donors (Lipinski definition) is 0. The van der Waals surface area contributed by atoms with Gasteiger partial charge in [0, 0.05) is 0 Å². The summed E-state index contributed by atoms with van der Waals surface area (Å²) in [5.41, 5.74) is 1.45. The van der Waals surface area contributed by atoms with E-state index in [1.165, 1.54) is 31.2 Å². The first kappa shape index (κ1) is 10.3. The third kappa shape index (κ3) is 3.63. The molecule has 71 valence electrons. The molecule has 0 N–H and O–H groups in total. The summed E-state index contributed by atoms with van der Waals surface area (Å²) >= 11 is 0. The van der Waals surface area contributed by atoms with E-state index in [-0.39, 0.29) is 0 Å². The van der Waals surface area contributed by atoms with Crippen molar-refractivity contribution in [2.24, 2.45) is 5.92 Å². The SMILES string of the molecule is CCC(CC)CCc1cc[c]cc1. The lowest BCUT2D eigenvalue weighted by atomic mass is 9.95. The third-order valence-corrected chi connectivity index (χ3v) is 2.78. The van der Waals surface area contributed by atoms with Crippen LogP contribution < -0.4 is 0 Å². The van der Waals surface area contributed by atoms with Gasteiger partial charge in [-0.2, -0.15) is 0 Å². The van der Waals surface area contributed by atoms with Crippen molar-refractivity contribution in [3.05, 3.63) is 35.9 Å². The zero-order valence-electron chi connectivity index (χ0n) is 8.72. The van der Waals surface area contributed by atoms with Gasteiger partial charge in [-0.1, -0.05) is 51.0 Å². The molecule has 0 saturated heterocycles. The highest BCUT2D eigenvalue weighted by Crippen LogP contribution is 2.15. The number of hydrogen-bond acceptors (Lipinski definition) is 0. The van der Waals surface area contributed by atoms with E-state index in [1.54, 1.807) is 0 Å². The predicted octanol–water partition coefficient (Wildman–Crippen LogP) is 3.86. The number of rotatable bonds is 5. The third-order valence-electron chi connectivity index (χ3n) is 2.78. The van der Waals surface area contributed by atoms with Gasteiger partial charge in [-0.05, 0) is 30.4 Å². The maximum atomic E-state index is 3.05. The monoisotopic (exact) mass is 175 g/mol. The molecule has 1 rings (SSSR count). The number of benzene rings is 1. The second-order valence-electron chi connectivity index (χ2n) is 3.63. The molecule has 1 radical (unpaired) electrons. The fraction of sp³-hybridized carbons (Fsp3) is 0.538. The Labute approximate surface area is 82.0 Å². The molecule has 0 unspecified atom stereocenters. The van der Waals surface area contributed by atoms with Crippen molar-refractivity contribution in [2.45, 2.75) is 39.5 Å². The Kier molecular flexibility index (Phi) is 4.59. The maximum Gasteiger partial charge on any atom is -0.0184 e. The largest absolute Gasteiger partial charge is 0.0651 e. The van der Waals surface area contributed by atoms with Crippen molar-refractivity contribution in [3.8, 4) is 0 Å². The van der Waals surface area contributed by atoms with Crippen molar-refractivity contribution >= 4 is 0 Å². The molecular formula is C13H19. The molecule has 0 heteroatoms. The Morgan fingerprint density at radius 1 is 1.15 bits per heavy atom. The van der Waals surface area contributed by atoms with E-state index in [4.69, 9.17) is 0 Å². The number of aryl methyl sites for hydroxylation is 1. The highest BCUT2D eigenvalue weighted by molar-refractivity contribution is 5.13. The summed E-state index contributed by atoms with van der Waals surface area (Å²) in [6.07, 6.45) is 5.18. The summed E-state index contributed by atoms with van der Waals surface area (Å²) in [5.74, 6) is 0.907. The summed E-state index contributed by atoms with van der Waals surface area (Å²) in [5, 5.41) is 0. The molecule has 0 atom stereocenters. The van der Waals surface area contributed by atoms with Gasteiger partial charge in [-0.25, -0.2) is 0 Å². The van der Waals surface area contributed by atoms with Gasteiger partial charge < -0.3 is 0 Å². The van der Waals surface area contributed by atoms with Gasteiger partial charge >= 0.3 is 0 Å². The summed E-state index contributed by atoms with van der Waals surface area (Å²) in [6, 6.07) is 11.4. The Bertz CT molecular complexity index is 209. The normalized spacial score (nSPS) is 10.7. The fourth-order valence-electron chi connectivity index (χ4n) is 1.66. The van der Waals surface area contributed by atoms with E-state index in [9.17, 15) is 0 Å². The summed E-state index contributed by atoms with van der Waals surface area (Å²) in [6.45, 7) is 4.57. The van der Waals surface area contributed by atoms with Gasteiger partial charge in [0.25, 0.3) is 0 Å². The Morgan fingerprint density at radius 3 is 2.31 bits per heavy atom. The standard InChI is InChI=1S/C13H19/c1-3-12(4-2)10-11-13-8-6-5-7-9-13/h6-9,12H,3-4,10-11H2,1-2H3. The van der Waals surface area contributed by atoms with Crippen LogP contribution in [0.25, 0.3) is 0 Å². The predicted molar refractivity (Wildman–Crippen MR) is 57.7 cm³/mol. The molecule has 0 bridgehead atoms. The summed E-state index contributed by atoms with van der Waals surface area (Å²) < 4.78 is 0. The van der Waals surface area contributed by atoms with E-state index in [2.05, 4.69) is 32.0 Å². The van der Waals surface area contributed by atoms with Gasteiger partial charge in [0.05, 0.1) is 0 Å². The van der Waals surface area contributed by atoms with Crippen LogP contribution in [0.4, 0.5) is 0 Å². The van der Waals surface area contributed by atoms with Crippen LogP contribution in [0.15, 0.2) is 24.3 Å². The van der Waals surface area contributed by atoms with Crippen molar-refractivity contribution in [1.82, 2.24) is 0 Å². The average Bonchev–Trinajstić information content (AvgIpc) is 2.21. The quantitative estimate of drug-likeness (QED) is 0.637. The zero-order valence-corrected chi connectivity index (χ0v) is 8.72. The van der Waals surface area contributed by atoms with E-state index < -0.39 is 0 Å². The molecule has 1 aromatic carbocycles. The van der Waals surface area contributed by atoms with Crippen LogP contribution in [0.3, 0.4) is 0 Å². The maximum absolute atomic E-state index is 3.05. The molecule has 0 aromatic heterocycles. The van der Waals surface area contributed by atoms with Crippen LogP contribution in [0.1, 0.15) is 38.7 Å². The topological polar surface area (TPSA) is 0 Å². The van der Waals surface area contributed by atoms with E-state index in [0.29, 0.717) is 0 Å². The first-order chi connectivity index (χ1) is 6.36. The van der Waals surface area contributed by atoms with Crippen molar-refractivity contribution in [1.29, 1.82) is 0 Å². The molecule has 0 fully saturated rings. The van der Waals surface area contributed by atoms with Gasteiger partial charge in [0.1, 0.15) is 0 Å². The van der Waals surface area contributed by atoms with Crippen molar-refractivity contribution in [3.63, 3.8) is 0 Å². The van der Waals surface area contributed by atoms with Crippen LogP contribution in [-0.4, -0.2) is 0 Å².